The van der Waals surface area contributed by atoms with Crippen molar-refractivity contribution in [2.45, 2.75) is 95.8 Å². The molecule has 0 heterocycles. The van der Waals surface area contributed by atoms with E-state index in [-0.39, 0.29) is 0 Å². The molecule has 44 heavy (non-hydrogen) atoms. The predicted molar refractivity (Wildman–Crippen MR) is 189 cm³/mol. The van der Waals surface area contributed by atoms with Crippen LogP contribution in [-0.4, -0.2) is 0 Å². The first kappa shape index (κ1) is 30.5. The molecular formula is C44H50. The second-order valence-corrected chi connectivity index (χ2v) is 14.0. The van der Waals surface area contributed by atoms with Crippen molar-refractivity contribution in [2.24, 2.45) is 17.8 Å². The monoisotopic (exact) mass is 578 g/mol. The number of benzene rings is 3. The minimum absolute atomic E-state index is 0.425. The summed E-state index contributed by atoms with van der Waals surface area (Å²) in [7, 11) is 0. The van der Waals surface area contributed by atoms with E-state index in [0.29, 0.717) is 23.7 Å². The largest absolute Gasteiger partial charge is 0.115 e. The summed E-state index contributed by atoms with van der Waals surface area (Å²) < 4.78 is 0. The van der Waals surface area contributed by atoms with Crippen LogP contribution in [0.1, 0.15) is 116 Å². The molecule has 3 aromatic rings. The molecule has 0 aromatic heterocycles. The summed E-state index contributed by atoms with van der Waals surface area (Å²) in [5, 5.41) is 0. The van der Waals surface area contributed by atoms with E-state index in [1.165, 1.54) is 103 Å². The number of rotatable bonds is 10. The normalized spacial score (nSPS) is 22.7. The van der Waals surface area contributed by atoms with Gasteiger partial charge in [-0.2, -0.15) is 0 Å². The van der Waals surface area contributed by atoms with Crippen LogP contribution in [0.2, 0.25) is 0 Å². The Kier molecular flexibility index (Phi) is 10.0. The van der Waals surface area contributed by atoms with Gasteiger partial charge >= 0.3 is 0 Å². The van der Waals surface area contributed by atoms with E-state index in [4.69, 9.17) is 13.0 Å². The zero-order valence-electron chi connectivity index (χ0n) is 26.8. The lowest BCUT2D eigenvalue weighted by Crippen LogP contribution is -2.23. The second kappa shape index (κ2) is 14.5. The Hall–Kier alpha value is -3.56. The van der Waals surface area contributed by atoms with Gasteiger partial charge in [-0.25, -0.2) is 0 Å². The van der Waals surface area contributed by atoms with E-state index in [1.54, 1.807) is 0 Å². The third-order valence-corrected chi connectivity index (χ3v) is 10.8. The maximum Gasteiger partial charge on any atom is 0.0277 e. The summed E-state index contributed by atoms with van der Waals surface area (Å²) in [5.41, 5.74) is 11.0. The third kappa shape index (κ3) is 7.38. The molecule has 3 aliphatic carbocycles. The Balaban J connectivity index is 1.15. The summed E-state index contributed by atoms with van der Waals surface area (Å²) in [6.07, 6.45) is 28.0. The average Bonchev–Trinajstić information content (AvgIpc) is 3.52. The molecule has 6 rings (SSSR count). The smallest absolute Gasteiger partial charge is 0.0277 e. The quantitative estimate of drug-likeness (QED) is 0.166. The Morgan fingerprint density at radius 3 is 2.30 bits per heavy atom. The van der Waals surface area contributed by atoms with Gasteiger partial charge < -0.3 is 0 Å². The van der Waals surface area contributed by atoms with Crippen molar-refractivity contribution in [3.63, 3.8) is 0 Å². The molecule has 3 aromatic carbocycles. The molecule has 0 spiro atoms. The second-order valence-electron chi connectivity index (χ2n) is 14.0. The van der Waals surface area contributed by atoms with Crippen molar-refractivity contribution >= 4 is 5.57 Å². The third-order valence-electron chi connectivity index (χ3n) is 10.8. The molecule has 0 amide bonds. The molecule has 0 N–H and O–H groups in total. The molecule has 0 heteroatoms. The maximum absolute atomic E-state index is 5.94. The highest BCUT2D eigenvalue weighted by Crippen LogP contribution is 2.44. The van der Waals surface area contributed by atoms with Gasteiger partial charge in [0.05, 0.1) is 0 Å². The Labute approximate surface area is 267 Å². The minimum atomic E-state index is 0.425. The highest BCUT2D eigenvalue weighted by atomic mass is 14.4. The molecule has 3 aliphatic rings. The van der Waals surface area contributed by atoms with Crippen molar-refractivity contribution in [1.29, 1.82) is 0 Å². The zero-order chi connectivity index (χ0) is 30.3. The van der Waals surface area contributed by atoms with E-state index in [1.807, 2.05) is 0 Å². The van der Waals surface area contributed by atoms with E-state index in [9.17, 15) is 0 Å². The first-order chi connectivity index (χ1) is 21.6. The van der Waals surface area contributed by atoms with Crippen LogP contribution in [0.3, 0.4) is 0 Å². The SMILES string of the molecule is C#Cc1ccc(CC2CCC(C(C(=C)CCc3ccccc3)c3ccc(C4=CC(C)C=C4)cc3)CC2)cc1C1CCCCC1. The fourth-order valence-corrected chi connectivity index (χ4v) is 8.35. The van der Waals surface area contributed by atoms with Crippen molar-refractivity contribution in [1.82, 2.24) is 0 Å². The van der Waals surface area contributed by atoms with Gasteiger partial charge in [0.2, 0.25) is 0 Å². The van der Waals surface area contributed by atoms with Gasteiger partial charge in [-0.15, -0.1) is 6.42 Å². The summed E-state index contributed by atoms with van der Waals surface area (Å²) in [5.74, 6) is 6.02. The van der Waals surface area contributed by atoms with Crippen LogP contribution < -0.4 is 0 Å². The first-order valence-corrected chi connectivity index (χ1v) is 17.4. The molecule has 226 valence electrons. The summed E-state index contributed by atoms with van der Waals surface area (Å²) in [4.78, 5) is 0. The molecule has 0 aliphatic heterocycles. The van der Waals surface area contributed by atoms with Crippen LogP contribution in [0.4, 0.5) is 0 Å². The van der Waals surface area contributed by atoms with Crippen molar-refractivity contribution in [3.05, 3.63) is 137 Å². The Bertz CT molecular complexity index is 1490. The molecule has 0 bridgehead atoms. The lowest BCUT2D eigenvalue weighted by atomic mass is 9.69. The molecule has 0 nitrogen and oxygen atoms in total. The molecule has 2 fully saturated rings. The average molecular weight is 579 g/mol. The fourth-order valence-electron chi connectivity index (χ4n) is 8.35. The summed E-state index contributed by atoms with van der Waals surface area (Å²) in [6, 6.07) is 27.4. The van der Waals surface area contributed by atoms with E-state index >= 15 is 0 Å². The van der Waals surface area contributed by atoms with E-state index in [2.05, 4.69) is 104 Å². The number of allylic oxidation sites excluding steroid dienone is 5. The molecule has 0 radical (unpaired) electrons. The minimum Gasteiger partial charge on any atom is -0.115 e. The summed E-state index contributed by atoms with van der Waals surface area (Å²) >= 11 is 0. The summed E-state index contributed by atoms with van der Waals surface area (Å²) in [6.45, 7) is 7.00. The standard InChI is InChI=1S/C44H50/c1-4-37-22-20-36(31-43(37)39-13-9-6-10-14-39)30-35-18-23-40(24-19-35)44(33(3)16-17-34-11-7-5-8-12-34)41-27-25-38(26-28-41)42-21-15-32(2)29-42/h1,5,7-8,11-12,15,20-22,25-29,31-32,35,39-40,44H,3,6,9-10,13-14,16-19,23-24,30H2,2H3. The first-order valence-electron chi connectivity index (χ1n) is 17.4. The van der Waals surface area contributed by atoms with Crippen LogP contribution in [0.15, 0.2) is 103 Å². The van der Waals surface area contributed by atoms with Crippen LogP contribution in [-0.2, 0) is 12.8 Å². The highest BCUT2D eigenvalue weighted by Gasteiger charge is 2.31. The lowest BCUT2D eigenvalue weighted by Gasteiger charge is -2.36. The van der Waals surface area contributed by atoms with E-state index < -0.39 is 0 Å². The Morgan fingerprint density at radius 1 is 0.864 bits per heavy atom. The van der Waals surface area contributed by atoms with Crippen molar-refractivity contribution in [2.75, 3.05) is 0 Å². The number of hydrogen-bond acceptors (Lipinski definition) is 0. The zero-order valence-corrected chi connectivity index (χ0v) is 26.8. The topological polar surface area (TPSA) is 0 Å². The predicted octanol–water partition coefficient (Wildman–Crippen LogP) is 11.6. The van der Waals surface area contributed by atoms with Crippen molar-refractivity contribution in [3.8, 4) is 12.3 Å². The van der Waals surface area contributed by atoms with Gasteiger partial charge in [-0.05, 0) is 121 Å². The van der Waals surface area contributed by atoms with Gasteiger partial charge in [0, 0.05) is 11.5 Å². The van der Waals surface area contributed by atoms with Gasteiger partial charge in [0.25, 0.3) is 0 Å². The maximum atomic E-state index is 5.94. The fraction of sp³-hybridized carbons (Fsp3) is 0.409. The molecular weight excluding hydrogens is 528 g/mol. The molecule has 0 saturated heterocycles. The number of aryl methyl sites for hydroxylation is 1. The van der Waals surface area contributed by atoms with Crippen LogP contribution in [0.5, 0.6) is 0 Å². The van der Waals surface area contributed by atoms with Gasteiger partial charge in [0.1, 0.15) is 0 Å². The molecule has 2 saturated carbocycles. The van der Waals surface area contributed by atoms with Gasteiger partial charge in [-0.3, -0.25) is 0 Å². The van der Waals surface area contributed by atoms with Crippen LogP contribution in [0.25, 0.3) is 5.57 Å². The van der Waals surface area contributed by atoms with Gasteiger partial charge in [-0.1, -0.05) is 129 Å². The number of hydrogen-bond donors (Lipinski definition) is 0. The molecule has 2 atom stereocenters. The van der Waals surface area contributed by atoms with Gasteiger partial charge in [0.15, 0.2) is 0 Å². The Morgan fingerprint density at radius 2 is 1.61 bits per heavy atom. The highest BCUT2D eigenvalue weighted by molar-refractivity contribution is 5.76. The number of terminal acetylenes is 1. The van der Waals surface area contributed by atoms with Crippen molar-refractivity contribution < 1.29 is 0 Å². The lowest BCUT2D eigenvalue weighted by molar-refractivity contribution is 0.252. The van der Waals surface area contributed by atoms with Crippen LogP contribution in [0, 0.1) is 30.1 Å². The van der Waals surface area contributed by atoms with Crippen LogP contribution >= 0.6 is 0 Å². The van der Waals surface area contributed by atoms with E-state index in [0.717, 1.165) is 24.3 Å². The molecule has 2 unspecified atom stereocenters.